The van der Waals surface area contributed by atoms with Gasteiger partial charge in [-0.15, -0.1) is 0 Å². The van der Waals surface area contributed by atoms with Gasteiger partial charge in [0.15, 0.2) is 5.41 Å². The average Bonchev–Trinajstić information content (AvgIpc) is 2.59. The highest BCUT2D eigenvalue weighted by molar-refractivity contribution is 6.05. The monoisotopic (exact) mass is 352 g/mol. The zero-order valence-electron chi connectivity index (χ0n) is 13.2. The molecule has 132 valence electrons. The maximum absolute atomic E-state index is 12.7. The Kier molecular flexibility index (Phi) is 5.15. The number of carboxylic acids is 1. The Morgan fingerprint density at radius 2 is 1.60 bits per heavy atom. The lowest BCUT2D eigenvalue weighted by molar-refractivity contribution is -0.161. The molecule has 0 unspecified atom stereocenters. The van der Waals surface area contributed by atoms with Crippen LogP contribution in [0.3, 0.4) is 0 Å². The zero-order valence-corrected chi connectivity index (χ0v) is 13.2. The number of hydrogen-bond acceptors (Lipinski definition) is 3. The first kappa shape index (κ1) is 18.5. The van der Waals surface area contributed by atoms with Gasteiger partial charge in [-0.1, -0.05) is 42.5 Å². The lowest BCUT2D eigenvalue weighted by Gasteiger charge is -2.23. The molecule has 2 aromatic carbocycles. The van der Waals surface area contributed by atoms with E-state index in [1.807, 2.05) is 0 Å². The third-order valence-corrected chi connectivity index (χ3v) is 3.81. The van der Waals surface area contributed by atoms with Crippen LogP contribution < -0.4 is 0 Å². The number of halogens is 3. The van der Waals surface area contributed by atoms with Crippen molar-refractivity contribution in [3.8, 4) is 0 Å². The summed E-state index contributed by atoms with van der Waals surface area (Å²) in [6.07, 6.45) is -4.51. The van der Waals surface area contributed by atoms with Crippen molar-refractivity contribution in [2.24, 2.45) is 0 Å². The van der Waals surface area contributed by atoms with E-state index in [0.29, 0.717) is 0 Å². The number of benzene rings is 2. The first-order chi connectivity index (χ1) is 11.7. The molecule has 0 aromatic heterocycles. The first-order valence-corrected chi connectivity index (χ1v) is 7.28. The Bertz CT molecular complexity index is 771. The number of carbonyl (C=O) groups excluding carboxylic acids is 1. The molecule has 0 aliphatic carbocycles. The van der Waals surface area contributed by atoms with E-state index in [1.54, 1.807) is 18.2 Å². The fourth-order valence-electron chi connectivity index (χ4n) is 2.23. The Morgan fingerprint density at radius 3 is 2.16 bits per heavy atom. The van der Waals surface area contributed by atoms with Crippen molar-refractivity contribution in [1.82, 2.24) is 0 Å². The fourth-order valence-corrected chi connectivity index (χ4v) is 2.23. The maximum Gasteiger partial charge on any atom is 0.416 e. The standard InChI is InChI=1S/C18H15F3O4/c1-17(15(22)23,13-7-3-2-4-8-13)16(24)25-11-12-6-5-9-14(10-12)18(19,20)21/h2-10H,11H2,1H3,(H,22,23)/t17-/m0/s1. The van der Waals surface area contributed by atoms with Crippen LogP contribution in [0.25, 0.3) is 0 Å². The number of carboxylic acid groups (broad SMARTS) is 1. The van der Waals surface area contributed by atoms with Crippen LogP contribution in [0.4, 0.5) is 13.2 Å². The van der Waals surface area contributed by atoms with Crippen molar-refractivity contribution in [3.05, 3.63) is 71.3 Å². The zero-order chi connectivity index (χ0) is 18.7. The van der Waals surface area contributed by atoms with Gasteiger partial charge in [-0.25, -0.2) is 0 Å². The van der Waals surface area contributed by atoms with E-state index in [1.165, 1.54) is 31.2 Å². The summed E-state index contributed by atoms with van der Waals surface area (Å²) < 4.78 is 43.1. The molecule has 25 heavy (non-hydrogen) atoms. The van der Waals surface area contributed by atoms with Crippen LogP contribution in [0.15, 0.2) is 54.6 Å². The van der Waals surface area contributed by atoms with E-state index in [9.17, 15) is 27.9 Å². The van der Waals surface area contributed by atoms with Crippen LogP contribution in [0.5, 0.6) is 0 Å². The van der Waals surface area contributed by atoms with E-state index < -0.39 is 35.7 Å². The molecule has 2 rings (SSSR count). The highest BCUT2D eigenvalue weighted by Gasteiger charge is 2.44. The van der Waals surface area contributed by atoms with Gasteiger partial charge in [0.2, 0.25) is 0 Å². The number of ether oxygens (including phenoxy) is 1. The van der Waals surface area contributed by atoms with Gasteiger partial charge < -0.3 is 9.84 Å². The maximum atomic E-state index is 12.7. The van der Waals surface area contributed by atoms with Crippen LogP contribution in [0.2, 0.25) is 0 Å². The first-order valence-electron chi connectivity index (χ1n) is 7.28. The van der Waals surface area contributed by atoms with Crippen LogP contribution in [0, 0.1) is 0 Å². The molecule has 0 aliphatic heterocycles. The van der Waals surface area contributed by atoms with Crippen molar-refractivity contribution in [2.75, 3.05) is 0 Å². The van der Waals surface area contributed by atoms with Gasteiger partial charge in [0.25, 0.3) is 0 Å². The molecule has 2 aromatic rings. The quantitative estimate of drug-likeness (QED) is 0.657. The van der Waals surface area contributed by atoms with Crippen molar-refractivity contribution in [3.63, 3.8) is 0 Å². The molecule has 1 N–H and O–H groups in total. The summed E-state index contributed by atoms with van der Waals surface area (Å²) in [7, 11) is 0. The van der Waals surface area contributed by atoms with Gasteiger partial charge in [-0.3, -0.25) is 9.59 Å². The molecule has 0 bridgehead atoms. The molecule has 4 nitrogen and oxygen atoms in total. The van der Waals surface area contributed by atoms with E-state index >= 15 is 0 Å². The average molecular weight is 352 g/mol. The number of aliphatic carboxylic acids is 1. The van der Waals surface area contributed by atoms with Gasteiger partial charge in [0, 0.05) is 0 Å². The summed E-state index contributed by atoms with van der Waals surface area (Å²) in [4.78, 5) is 23.9. The Hall–Kier alpha value is -2.83. The summed E-state index contributed by atoms with van der Waals surface area (Å²) in [5.74, 6) is -2.46. The minimum Gasteiger partial charge on any atom is -0.480 e. The molecule has 0 saturated carbocycles. The molecule has 0 fully saturated rings. The number of carbonyl (C=O) groups is 2. The molecule has 0 aliphatic rings. The highest BCUT2D eigenvalue weighted by atomic mass is 19.4. The summed E-state index contributed by atoms with van der Waals surface area (Å²) in [6.45, 7) is 0.734. The van der Waals surface area contributed by atoms with E-state index in [4.69, 9.17) is 4.74 Å². The molecule has 0 radical (unpaired) electrons. The number of alkyl halides is 3. The minimum atomic E-state index is -4.51. The smallest absolute Gasteiger partial charge is 0.416 e. The topological polar surface area (TPSA) is 63.6 Å². The second-order valence-corrected chi connectivity index (χ2v) is 5.57. The van der Waals surface area contributed by atoms with Crippen LogP contribution in [0.1, 0.15) is 23.6 Å². The predicted octanol–water partition coefficient (Wildman–Crippen LogP) is 3.79. The van der Waals surface area contributed by atoms with E-state index in [-0.39, 0.29) is 11.1 Å². The van der Waals surface area contributed by atoms with Gasteiger partial charge in [0.05, 0.1) is 5.56 Å². The van der Waals surface area contributed by atoms with Gasteiger partial charge in [-0.05, 0) is 30.2 Å². The van der Waals surface area contributed by atoms with Crippen molar-refractivity contribution in [1.29, 1.82) is 0 Å². The van der Waals surface area contributed by atoms with Crippen molar-refractivity contribution < 1.29 is 32.6 Å². The summed E-state index contributed by atoms with van der Waals surface area (Å²) in [6, 6.07) is 12.1. The van der Waals surface area contributed by atoms with Crippen molar-refractivity contribution >= 4 is 11.9 Å². The van der Waals surface area contributed by atoms with Gasteiger partial charge >= 0.3 is 18.1 Å². The van der Waals surface area contributed by atoms with Crippen LogP contribution in [-0.2, 0) is 32.5 Å². The molecule has 7 heteroatoms. The number of esters is 1. The fraction of sp³-hybridized carbons (Fsp3) is 0.222. The second-order valence-electron chi connectivity index (χ2n) is 5.57. The SMILES string of the molecule is C[C@](C(=O)O)(C(=O)OCc1cccc(C(F)(F)F)c1)c1ccccc1. The Morgan fingerprint density at radius 1 is 1.00 bits per heavy atom. The highest BCUT2D eigenvalue weighted by Crippen LogP contribution is 2.30. The molecular weight excluding hydrogens is 337 g/mol. The number of hydrogen-bond donors (Lipinski definition) is 1. The lowest BCUT2D eigenvalue weighted by Crippen LogP contribution is -2.42. The molecular formula is C18H15F3O4. The molecule has 0 heterocycles. The van der Waals surface area contributed by atoms with Crippen molar-refractivity contribution in [2.45, 2.75) is 25.1 Å². The summed E-state index contributed by atoms with van der Waals surface area (Å²) in [5, 5.41) is 9.45. The summed E-state index contributed by atoms with van der Waals surface area (Å²) >= 11 is 0. The van der Waals surface area contributed by atoms with E-state index in [0.717, 1.165) is 12.1 Å². The van der Waals surface area contributed by atoms with Gasteiger partial charge in [0.1, 0.15) is 6.61 Å². The third kappa shape index (κ3) is 3.99. The molecule has 1 atom stereocenters. The normalized spacial score (nSPS) is 13.8. The van der Waals surface area contributed by atoms with Gasteiger partial charge in [-0.2, -0.15) is 13.2 Å². The molecule has 0 spiro atoms. The number of rotatable bonds is 5. The lowest BCUT2D eigenvalue weighted by atomic mass is 9.82. The summed E-state index contributed by atoms with van der Waals surface area (Å²) in [5.41, 5.74) is -2.49. The molecule has 0 amide bonds. The van der Waals surface area contributed by atoms with Crippen LogP contribution in [-0.4, -0.2) is 17.0 Å². The Labute approximate surface area is 141 Å². The predicted molar refractivity (Wildman–Crippen MR) is 82.7 cm³/mol. The largest absolute Gasteiger partial charge is 0.480 e. The Balaban J connectivity index is 2.20. The molecule has 0 saturated heterocycles. The van der Waals surface area contributed by atoms with E-state index in [2.05, 4.69) is 0 Å². The van der Waals surface area contributed by atoms with Crippen LogP contribution >= 0.6 is 0 Å². The minimum absolute atomic E-state index is 0.115. The third-order valence-electron chi connectivity index (χ3n) is 3.81. The second kappa shape index (κ2) is 6.96.